The number of methoxy groups -OCH3 is 1. The average Bonchev–Trinajstić information content (AvgIpc) is 2.50. The highest BCUT2D eigenvalue weighted by molar-refractivity contribution is 6.30. The Labute approximate surface area is 132 Å². The molecule has 22 heavy (non-hydrogen) atoms. The van der Waals surface area contributed by atoms with Crippen molar-refractivity contribution in [3.63, 3.8) is 0 Å². The summed E-state index contributed by atoms with van der Waals surface area (Å²) in [6.07, 6.45) is 0. The van der Waals surface area contributed by atoms with E-state index in [1.54, 1.807) is 18.2 Å². The average molecular weight is 324 g/mol. The first kappa shape index (κ1) is 16.1. The van der Waals surface area contributed by atoms with Crippen molar-refractivity contribution >= 4 is 23.2 Å². The number of carbonyl (C=O) groups excluding carboxylic acids is 1. The third-order valence-corrected chi connectivity index (χ3v) is 3.21. The van der Waals surface area contributed by atoms with Gasteiger partial charge in [-0.25, -0.2) is 4.39 Å². The van der Waals surface area contributed by atoms with Gasteiger partial charge in [-0.2, -0.15) is 0 Å². The number of hydrogen-bond donors (Lipinski definition) is 1. The summed E-state index contributed by atoms with van der Waals surface area (Å²) in [6, 6.07) is 8.88. The van der Waals surface area contributed by atoms with E-state index in [4.69, 9.17) is 21.1 Å². The molecule has 0 bridgehead atoms. The lowest BCUT2D eigenvalue weighted by molar-refractivity contribution is 0.102. The smallest absolute Gasteiger partial charge is 0.255 e. The molecule has 6 heteroatoms. The van der Waals surface area contributed by atoms with Crippen molar-refractivity contribution in [3.05, 3.63) is 52.8 Å². The lowest BCUT2D eigenvalue weighted by Gasteiger charge is -2.12. The van der Waals surface area contributed by atoms with Gasteiger partial charge in [0.1, 0.15) is 5.82 Å². The molecule has 4 nitrogen and oxygen atoms in total. The molecular weight excluding hydrogens is 309 g/mol. The maximum Gasteiger partial charge on any atom is 0.255 e. The van der Waals surface area contributed by atoms with E-state index in [1.165, 1.54) is 19.2 Å². The molecule has 0 atom stereocenters. The second kappa shape index (κ2) is 7.13. The van der Waals surface area contributed by atoms with Gasteiger partial charge in [0.05, 0.1) is 18.7 Å². The summed E-state index contributed by atoms with van der Waals surface area (Å²) in [7, 11) is 1.53. The molecule has 0 aliphatic heterocycles. The van der Waals surface area contributed by atoms with E-state index < -0.39 is 11.7 Å². The van der Waals surface area contributed by atoms with Gasteiger partial charge in [-0.05, 0) is 37.3 Å². The highest BCUT2D eigenvalue weighted by atomic mass is 35.5. The Balaban J connectivity index is 2.20. The van der Waals surface area contributed by atoms with Crippen LogP contribution in [0.25, 0.3) is 0 Å². The molecule has 2 rings (SSSR count). The summed E-state index contributed by atoms with van der Waals surface area (Å²) >= 11 is 5.60. The molecular formula is C16H15ClFNO3. The lowest BCUT2D eigenvalue weighted by atomic mass is 10.2. The van der Waals surface area contributed by atoms with Crippen LogP contribution in [0.2, 0.25) is 5.02 Å². The number of benzene rings is 2. The molecule has 0 fully saturated rings. The summed E-state index contributed by atoms with van der Waals surface area (Å²) in [4.78, 5) is 12.1. The number of nitrogens with one attached hydrogen (secondary N) is 1. The van der Waals surface area contributed by atoms with Gasteiger partial charge in [0.2, 0.25) is 0 Å². The first-order valence-electron chi connectivity index (χ1n) is 6.62. The number of hydrogen-bond acceptors (Lipinski definition) is 3. The van der Waals surface area contributed by atoms with Crippen LogP contribution in [0.5, 0.6) is 11.5 Å². The van der Waals surface area contributed by atoms with Crippen molar-refractivity contribution in [1.29, 1.82) is 0 Å². The van der Waals surface area contributed by atoms with Crippen molar-refractivity contribution in [2.45, 2.75) is 6.92 Å². The summed E-state index contributed by atoms with van der Waals surface area (Å²) in [5.74, 6) is 0.00436. The van der Waals surface area contributed by atoms with Crippen molar-refractivity contribution in [2.75, 3.05) is 19.0 Å². The summed E-state index contributed by atoms with van der Waals surface area (Å²) in [6.45, 7) is 2.32. The monoisotopic (exact) mass is 323 g/mol. The Hall–Kier alpha value is -2.27. The largest absolute Gasteiger partial charge is 0.493 e. The van der Waals surface area contributed by atoms with Crippen LogP contribution in [0, 0.1) is 5.82 Å². The quantitative estimate of drug-likeness (QED) is 0.899. The Bertz CT molecular complexity index is 691. The van der Waals surface area contributed by atoms with E-state index in [9.17, 15) is 9.18 Å². The zero-order valence-electron chi connectivity index (χ0n) is 12.2. The molecule has 0 unspecified atom stereocenters. The van der Waals surface area contributed by atoms with Crippen molar-refractivity contribution in [3.8, 4) is 11.5 Å². The number of rotatable bonds is 5. The van der Waals surface area contributed by atoms with Gasteiger partial charge in [0.25, 0.3) is 5.91 Å². The van der Waals surface area contributed by atoms with Gasteiger partial charge in [0, 0.05) is 17.3 Å². The highest BCUT2D eigenvalue weighted by Gasteiger charge is 2.11. The zero-order chi connectivity index (χ0) is 16.1. The van der Waals surface area contributed by atoms with Crippen molar-refractivity contribution in [2.24, 2.45) is 0 Å². The third-order valence-electron chi connectivity index (χ3n) is 2.90. The van der Waals surface area contributed by atoms with Gasteiger partial charge in [-0.15, -0.1) is 0 Å². The molecule has 1 amide bonds. The van der Waals surface area contributed by atoms with Crippen molar-refractivity contribution < 1.29 is 18.7 Å². The maximum atomic E-state index is 13.4. The standard InChI is InChI=1S/C16H15ClFNO3/c1-3-22-15-9-11(5-7-14(15)21-2)19-16(20)10-4-6-12(17)13(18)8-10/h4-9H,3H2,1-2H3,(H,19,20). The van der Waals surface area contributed by atoms with E-state index in [0.717, 1.165) is 6.07 Å². The van der Waals surface area contributed by atoms with E-state index in [1.807, 2.05) is 6.92 Å². The van der Waals surface area contributed by atoms with Gasteiger partial charge in [-0.1, -0.05) is 11.6 Å². The minimum atomic E-state index is -0.640. The first-order valence-corrected chi connectivity index (χ1v) is 7.00. The Morgan fingerprint density at radius 2 is 2.00 bits per heavy atom. The van der Waals surface area contributed by atoms with Crippen LogP contribution in [0.3, 0.4) is 0 Å². The summed E-state index contributed by atoms with van der Waals surface area (Å²) < 4.78 is 24.0. The van der Waals surface area contributed by atoms with Crippen LogP contribution in [-0.4, -0.2) is 19.6 Å². The molecule has 2 aromatic carbocycles. The fourth-order valence-corrected chi connectivity index (χ4v) is 1.98. The highest BCUT2D eigenvalue weighted by Crippen LogP contribution is 2.30. The van der Waals surface area contributed by atoms with E-state index in [2.05, 4.69) is 5.32 Å². The number of amides is 1. The van der Waals surface area contributed by atoms with E-state index in [0.29, 0.717) is 23.8 Å². The molecule has 0 aliphatic carbocycles. The predicted molar refractivity (Wildman–Crippen MR) is 83.5 cm³/mol. The Kier molecular flexibility index (Phi) is 5.22. The second-order valence-electron chi connectivity index (χ2n) is 4.38. The fourth-order valence-electron chi connectivity index (χ4n) is 1.86. The Morgan fingerprint density at radius 3 is 2.64 bits per heavy atom. The number of ether oxygens (including phenoxy) is 2. The molecule has 0 spiro atoms. The molecule has 0 radical (unpaired) electrons. The molecule has 116 valence electrons. The molecule has 0 saturated carbocycles. The number of halogens is 2. The number of anilines is 1. The molecule has 0 heterocycles. The van der Waals surface area contributed by atoms with E-state index >= 15 is 0 Å². The lowest BCUT2D eigenvalue weighted by Crippen LogP contribution is -2.12. The second-order valence-corrected chi connectivity index (χ2v) is 4.79. The molecule has 2 aromatic rings. The van der Waals surface area contributed by atoms with E-state index in [-0.39, 0.29) is 10.6 Å². The summed E-state index contributed by atoms with van der Waals surface area (Å²) in [5, 5.41) is 2.64. The fraction of sp³-hybridized carbons (Fsp3) is 0.188. The van der Waals surface area contributed by atoms with Gasteiger partial charge in [0.15, 0.2) is 11.5 Å². The minimum Gasteiger partial charge on any atom is -0.493 e. The first-order chi connectivity index (χ1) is 10.5. The van der Waals surface area contributed by atoms with Gasteiger partial charge < -0.3 is 14.8 Å². The van der Waals surface area contributed by atoms with Crippen molar-refractivity contribution in [1.82, 2.24) is 0 Å². The van der Waals surface area contributed by atoms with Crippen LogP contribution in [-0.2, 0) is 0 Å². The molecule has 1 N–H and O–H groups in total. The molecule has 0 saturated heterocycles. The van der Waals surface area contributed by atoms with Crippen LogP contribution >= 0.6 is 11.6 Å². The Morgan fingerprint density at radius 1 is 1.23 bits per heavy atom. The van der Waals surface area contributed by atoms with Crippen LogP contribution in [0.4, 0.5) is 10.1 Å². The third kappa shape index (κ3) is 3.68. The SMILES string of the molecule is CCOc1cc(NC(=O)c2ccc(Cl)c(F)c2)ccc1OC. The predicted octanol–water partition coefficient (Wildman–Crippen LogP) is 4.14. The van der Waals surface area contributed by atoms with Crippen LogP contribution in [0.1, 0.15) is 17.3 Å². The molecule has 0 aliphatic rings. The topological polar surface area (TPSA) is 47.6 Å². The van der Waals surface area contributed by atoms with Crippen LogP contribution in [0.15, 0.2) is 36.4 Å². The number of carbonyl (C=O) groups is 1. The molecule has 0 aromatic heterocycles. The maximum absolute atomic E-state index is 13.4. The van der Waals surface area contributed by atoms with Crippen LogP contribution < -0.4 is 14.8 Å². The zero-order valence-corrected chi connectivity index (χ0v) is 12.9. The van der Waals surface area contributed by atoms with Gasteiger partial charge >= 0.3 is 0 Å². The van der Waals surface area contributed by atoms with Gasteiger partial charge in [-0.3, -0.25) is 4.79 Å². The normalized spacial score (nSPS) is 10.2. The minimum absolute atomic E-state index is 0.0281. The summed E-state index contributed by atoms with van der Waals surface area (Å²) in [5.41, 5.74) is 0.695.